The van der Waals surface area contributed by atoms with Crippen LogP contribution >= 0.6 is 12.4 Å². The molecule has 2 amide bonds. The summed E-state index contributed by atoms with van der Waals surface area (Å²) in [6.07, 6.45) is 2.77. The first kappa shape index (κ1) is 19.4. The molecule has 1 aromatic carbocycles. The molecule has 1 aliphatic rings. The van der Waals surface area contributed by atoms with Gasteiger partial charge in [0.1, 0.15) is 0 Å². The van der Waals surface area contributed by atoms with Gasteiger partial charge in [0.05, 0.1) is 0 Å². The number of carbonyl (C=O) groups is 2. The van der Waals surface area contributed by atoms with Gasteiger partial charge in [-0.05, 0) is 50.1 Å². The normalized spacial score (nSPS) is 14.7. The van der Waals surface area contributed by atoms with Crippen LogP contribution in [0.4, 0.5) is 5.69 Å². The smallest absolute Gasteiger partial charge is 0.251 e. The Morgan fingerprint density at radius 2 is 1.83 bits per heavy atom. The van der Waals surface area contributed by atoms with Gasteiger partial charge in [0, 0.05) is 36.9 Å². The van der Waals surface area contributed by atoms with Crippen molar-refractivity contribution < 1.29 is 14.3 Å². The summed E-state index contributed by atoms with van der Waals surface area (Å²) in [6.45, 7) is 1.89. The number of nitrogens with one attached hydrogen (secondary N) is 2. The molecule has 2 rings (SSSR count). The van der Waals surface area contributed by atoms with Gasteiger partial charge in [-0.25, -0.2) is 0 Å². The molecule has 1 heterocycles. The molecule has 7 heteroatoms. The van der Waals surface area contributed by atoms with E-state index in [1.807, 2.05) is 0 Å². The lowest BCUT2D eigenvalue weighted by Gasteiger charge is -2.23. The van der Waals surface area contributed by atoms with Crippen molar-refractivity contribution in [2.45, 2.75) is 31.7 Å². The molecule has 0 radical (unpaired) electrons. The van der Waals surface area contributed by atoms with Gasteiger partial charge in [-0.3, -0.25) is 9.59 Å². The van der Waals surface area contributed by atoms with Gasteiger partial charge in [-0.15, -0.1) is 12.4 Å². The lowest BCUT2D eigenvalue weighted by atomic mass is 10.1. The summed E-state index contributed by atoms with van der Waals surface area (Å²) >= 11 is 0. The molecule has 1 aromatic rings. The van der Waals surface area contributed by atoms with Gasteiger partial charge >= 0.3 is 0 Å². The largest absolute Gasteiger partial charge is 0.381 e. The monoisotopic (exact) mass is 341 g/mol. The number of benzene rings is 1. The fourth-order valence-corrected chi connectivity index (χ4v) is 2.30. The predicted molar refractivity (Wildman–Crippen MR) is 91.9 cm³/mol. The first-order valence-electron chi connectivity index (χ1n) is 7.67. The first-order chi connectivity index (χ1) is 10.7. The number of hydrogen-bond acceptors (Lipinski definition) is 4. The van der Waals surface area contributed by atoms with Crippen molar-refractivity contribution in [3.63, 3.8) is 0 Å². The van der Waals surface area contributed by atoms with E-state index < -0.39 is 0 Å². The number of nitrogens with two attached hydrogens (primary N) is 1. The van der Waals surface area contributed by atoms with Crippen molar-refractivity contribution in [1.82, 2.24) is 5.32 Å². The minimum absolute atomic E-state index is 0. The van der Waals surface area contributed by atoms with Crippen LogP contribution in [0.25, 0.3) is 0 Å². The lowest BCUT2D eigenvalue weighted by molar-refractivity contribution is -0.116. The van der Waals surface area contributed by atoms with E-state index in [-0.39, 0.29) is 30.3 Å². The van der Waals surface area contributed by atoms with Gasteiger partial charge in [0.2, 0.25) is 5.91 Å². The number of carbonyl (C=O) groups excluding carboxylic acids is 2. The first-order valence-corrected chi connectivity index (χ1v) is 7.67. The minimum atomic E-state index is -0.0899. The predicted octanol–water partition coefficient (Wildman–Crippen LogP) is 1.69. The average Bonchev–Trinajstić information content (AvgIpc) is 2.54. The Bertz CT molecular complexity index is 502. The van der Waals surface area contributed by atoms with Gasteiger partial charge < -0.3 is 21.1 Å². The van der Waals surface area contributed by atoms with E-state index in [9.17, 15) is 9.59 Å². The van der Waals surface area contributed by atoms with Crippen LogP contribution in [0.15, 0.2) is 24.3 Å². The number of hydrogen-bond donors (Lipinski definition) is 3. The Balaban J connectivity index is 0.00000264. The van der Waals surface area contributed by atoms with E-state index >= 15 is 0 Å². The summed E-state index contributed by atoms with van der Waals surface area (Å²) in [5.74, 6) is -0.155. The van der Waals surface area contributed by atoms with Crippen LogP contribution in [0.3, 0.4) is 0 Å². The number of rotatable bonds is 6. The number of halogens is 1. The highest BCUT2D eigenvalue weighted by Gasteiger charge is 2.16. The molecule has 0 unspecified atom stereocenters. The van der Waals surface area contributed by atoms with E-state index in [1.54, 1.807) is 24.3 Å². The second-order valence-corrected chi connectivity index (χ2v) is 5.38. The molecule has 1 fully saturated rings. The molecule has 1 saturated heterocycles. The van der Waals surface area contributed by atoms with E-state index in [1.165, 1.54) is 0 Å². The molecule has 0 bridgehead atoms. The SMILES string of the molecule is Cl.NCCCC(=O)Nc1ccc(C(=O)NC2CCOCC2)cc1. The van der Waals surface area contributed by atoms with Crippen LogP contribution in [0.2, 0.25) is 0 Å². The molecule has 4 N–H and O–H groups in total. The maximum absolute atomic E-state index is 12.1. The summed E-state index contributed by atoms with van der Waals surface area (Å²) in [4.78, 5) is 23.7. The van der Waals surface area contributed by atoms with Crippen LogP contribution in [0.5, 0.6) is 0 Å². The zero-order valence-electron chi connectivity index (χ0n) is 13.0. The Kier molecular flexibility index (Phi) is 8.61. The second-order valence-electron chi connectivity index (χ2n) is 5.38. The molecule has 128 valence electrons. The van der Waals surface area contributed by atoms with Gasteiger partial charge in [0.15, 0.2) is 0 Å². The lowest BCUT2D eigenvalue weighted by Crippen LogP contribution is -2.38. The Morgan fingerprint density at radius 1 is 1.17 bits per heavy atom. The topological polar surface area (TPSA) is 93.5 Å². The summed E-state index contributed by atoms with van der Waals surface area (Å²) in [5, 5.41) is 5.78. The van der Waals surface area contributed by atoms with Gasteiger partial charge in [-0.2, -0.15) is 0 Å². The molecular weight excluding hydrogens is 318 g/mol. The molecular formula is C16H24ClN3O3. The summed E-state index contributed by atoms with van der Waals surface area (Å²) in [7, 11) is 0. The zero-order chi connectivity index (χ0) is 15.8. The number of amides is 2. The molecule has 0 atom stereocenters. The van der Waals surface area contributed by atoms with Crippen molar-refractivity contribution in [3.05, 3.63) is 29.8 Å². The molecule has 0 aliphatic carbocycles. The molecule has 23 heavy (non-hydrogen) atoms. The minimum Gasteiger partial charge on any atom is -0.381 e. The maximum atomic E-state index is 12.1. The third-order valence-corrected chi connectivity index (χ3v) is 3.60. The van der Waals surface area contributed by atoms with Crippen molar-refractivity contribution in [2.24, 2.45) is 5.73 Å². The van der Waals surface area contributed by atoms with E-state index in [4.69, 9.17) is 10.5 Å². The van der Waals surface area contributed by atoms with Crippen molar-refractivity contribution in [1.29, 1.82) is 0 Å². The summed E-state index contributed by atoms with van der Waals surface area (Å²) in [6, 6.07) is 7.08. The number of ether oxygens (including phenoxy) is 1. The van der Waals surface area contributed by atoms with Crippen LogP contribution in [-0.4, -0.2) is 37.6 Å². The maximum Gasteiger partial charge on any atom is 0.251 e. The fraction of sp³-hybridized carbons (Fsp3) is 0.500. The van der Waals surface area contributed by atoms with Gasteiger partial charge in [0.25, 0.3) is 5.91 Å². The summed E-state index contributed by atoms with van der Waals surface area (Å²) < 4.78 is 5.27. The second kappa shape index (κ2) is 10.2. The highest BCUT2D eigenvalue weighted by Crippen LogP contribution is 2.12. The van der Waals surface area contributed by atoms with Crippen molar-refractivity contribution >= 4 is 29.9 Å². The summed E-state index contributed by atoms with van der Waals surface area (Å²) in [5.41, 5.74) is 6.64. The van der Waals surface area contributed by atoms with Crippen LogP contribution < -0.4 is 16.4 Å². The average molecular weight is 342 g/mol. The van der Waals surface area contributed by atoms with E-state index in [0.29, 0.717) is 43.9 Å². The third-order valence-electron chi connectivity index (χ3n) is 3.60. The molecule has 6 nitrogen and oxygen atoms in total. The Hall–Kier alpha value is -1.63. The molecule has 0 aromatic heterocycles. The van der Waals surface area contributed by atoms with Crippen LogP contribution in [-0.2, 0) is 9.53 Å². The van der Waals surface area contributed by atoms with Crippen LogP contribution in [0.1, 0.15) is 36.0 Å². The quantitative estimate of drug-likeness (QED) is 0.734. The van der Waals surface area contributed by atoms with Gasteiger partial charge in [-0.1, -0.05) is 0 Å². The zero-order valence-corrected chi connectivity index (χ0v) is 13.9. The third kappa shape index (κ3) is 6.56. The Labute approximate surface area is 142 Å². The van der Waals surface area contributed by atoms with Crippen molar-refractivity contribution in [3.8, 4) is 0 Å². The highest BCUT2D eigenvalue weighted by molar-refractivity contribution is 5.96. The standard InChI is InChI=1S/C16H23N3O3.ClH/c17-9-1-2-15(20)18-13-5-3-12(4-6-13)16(21)19-14-7-10-22-11-8-14;/h3-6,14H,1-2,7-11,17H2,(H,18,20)(H,19,21);1H. The number of anilines is 1. The highest BCUT2D eigenvalue weighted by atomic mass is 35.5. The van der Waals surface area contributed by atoms with E-state index in [2.05, 4.69) is 10.6 Å². The molecule has 0 saturated carbocycles. The fourth-order valence-electron chi connectivity index (χ4n) is 2.30. The van der Waals surface area contributed by atoms with E-state index in [0.717, 1.165) is 12.8 Å². The van der Waals surface area contributed by atoms with Crippen LogP contribution in [0, 0.1) is 0 Å². The molecule has 0 spiro atoms. The Morgan fingerprint density at radius 3 is 2.43 bits per heavy atom. The van der Waals surface area contributed by atoms with Crippen molar-refractivity contribution in [2.75, 3.05) is 25.1 Å². The molecule has 1 aliphatic heterocycles.